The highest BCUT2D eigenvalue weighted by Crippen LogP contribution is 2.35. The number of nitrogens with two attached hydrogens (primary N) is 1. The van der Waals surface area contributed by atoms with E-state index in [2.05, 4.69) is 121 Å². The fourth-order valence-electron chi connectivity index (χ4n) is 6.10. The van der Waals surface area contributed by atoms with E-state index < -0.39 is 15.4 Å². The van der Waals surface area contributed by atoms with Crippen molar-refractivity contribution in [1.82, 2.24) is 0 Å². The Morgan fingerprint density at radius 1 is 0.553 bits per heavy atom. The third kappa shape index (κ3) is 4.19. The van der Waals surface area contributed by atoms with Gasteiger partial charge in [-0.15, -0.1) is 0 Å². The maximum absolute atomic E-state index is 7.55. The van der Waals surface area contributed by atoms with Crippen LogP contribution >= 0.6 is 0 Å². The van der Waals surface area contributed by atoms with Crippen LogP contribution in [0.4, 0.5) is 5.69 Å². The first-order chi connectivity index (χ1) is 18.7. The van der Waals surface area contributed by atoms with E-state index in [0.717, 1.165) is 23.9 Å². The molecule has 1 unspecified atom stereocenters. The maximum atomic E-state index is 7.55. The van der Waals surface area contributed by atoms with Gasteiger partial charge in [0.05, 0.1) is 0 Å². The van der Waals surface area contributed by atoms with Crippen LogP contribution < -0.4 is 31.2 Å². The van der Waals surface area contributed by atoms with Crippen molar-refractivity contribution >= 4 is 41.9 Å². The van der Waals surface area contributed by atoms with Gasteiger partial charge in [-0.1, -0.05) is 132 Å². The topological polar surface area (TPSA) is 44.5 Å². The predicted molar refractivity (Wildman–Crippen MR) is 162 cm³/mol. The van der Waals surface area contributed by atoms with Gasteiger partial charge in [0, 0.05) is 12.1 Å². The summed E-state index contributed by atoms with van der Waals surface area (Å²) in [5, 5.41) is 5.40. The third-order valence-corrected chi connectivity index (χ3v) is 23.7. The van der Waals surface area contributed by atoms with E-state index in [-0.39, 0.29) is 6.29 Å². The Kier molecular flexibility index (Phi) is 6.72. The van der Waals surface area contributed by atoms with E-state index in [4.69, 9.17) is 14.9 Å². The molecule has 0 saturated carbocycles. The van der Waals surface area contributed by atoms with Crippen LogP contribution in [0.3, 0.4) is 0 Å². The van der Waals surface area contributed by atoms with E-state index in [1.54, 1.807) is 0 Å². The number of hydrogen-bond acceptors (Lipinski definition) is 3. The molecule has 1 aliphatic heterocycles. The molecule has 0 radical (unpaired) electrons. The summed E-state index contributed by atoms with van der Waals surface area (Å²) in [6.07, 6.45) is 0.452. The smallest absolute Gasteiger partial charge is 0.255 e. The van der Waals surface area contributed by atoms with E-state index in [0.29, 0.717) is 0 Å². The Morgan fingerprint density at radius 2 is 0.974 bits per heavy atom. The summed E-state index contributed by atoms with van der Waals surface area (Å²) in [5.74, 6) is 0.779. The molecule has 38 heavy (non-hydrogen) atoms. The van der Waals surface area contributed by atoms with Crippen LogP contribution in [-0.2, 0) is 4.43 Å². The molecule has 0 spiro atoms. The molecule has 5 aromatic rings. The quantitative estimate of drug-likeness (QED) is 0.260. The molecule has 5 aromatic carbocycles. The summed E-state index contributed by atoms with van der Waals surface area (Å²) < 4.78 is 14.1. The summed E-state index contributed by atoms with van der Waals surface area (Å²) >= 11 is 0. The molecule has 188 valence electrons. The van der Waals surface area contributed by atoms with E-state index in [9.17, 15) is 0 Å². The zero-order valence-electron chi connectivity index (χ0n) is 21.2. The van der Waals surface area contributed by atoms with Gasteiger partial charge >= 0.3 is 0 Å². The number of rotatable bonds is 6. The molecular formula is C33H31NO2Si2. The molecule has 5 heteroatoms. The van der Waals surface area contributed by atoms with Gasteiger partial charge in [-0.3, -0.25) is 0 Å². The van der Waals surface area contributed by atoms with Crippen molar-refractivity contribution in [3.63, 3.8) is 0 Å². The summed E-state index contributed by atoms with van der Waals surface area (Å²) in [4.78, 5) is 0. The normalized spacial score (nSPS) is 17.9. The fourth-order valence-corrected chi connectivity index (χ4v) is 23.9. The average molecular weight is 530 g/mol. The van der Waals surface area contributed by atoms with Crippen LogP contribution in [0.2, 0.25) is 6.04 Å². The van der Waals surface area contributed by atoms with E-state index in [1.807, 2.05) is 24.3 Å². The van der Waals surface area contributed by atoms with Crippen molar-refractivity contribution < 1.29 is 9.16 Å². The van der Waals surface area contributed by atoms with Crippen molar-refractivity contribution in [2.24, 2.45) is 0 Å². The first-order valence-corrected chi connectivity index (χ1v) is 18.3. The first-order valence-electron chi connectivity index (χ1n) is 13.1. The Hall–Kier alpha value is -3.91. The number of anilines is 1. The van der Waals surface area contributed by atoms with Crippen molar-refractivity contribution in [1.29, 1.82) is 0 Å². The molecule has 0 aromatic heterocycles. The molecule has 1 saturated heterocycles. The predicted octanol–water partition coefficient (Wildman–Crippen LogP) is 4.50. The molecule has 1 heterocycles. The third-order valence-electron chi connectivity index (χ3n) is 7.71. The summed E-state index contributed by atoms with van der Waals surface area (Å²) in [6.45, 7) is 0. The molecule has 0 amide bonds. The van der Waals surface area contributed by atoms with Gasteiger partial charge in [-0.25, -0.2) is 0 Å². The van der Waals surface area contributed by atoms with Gasteiger partial charge in [0.1, 0.15) is 5.75 Å². The van der Waals surface area contributed by atoms with Crippen LogP contribution in [0.5, 0.6) is 5.75 Å². The Bertz CT molecular complexity index is 1390. The second kappa shape index (κ2) is 10.5. The molecule has 1 fully saturated rings. The van der Waals surface area contributed by atoms with Gasteiger partial charge in [-0.05, 0) is 40.7 Å². The van der Waals surface area contributed by atoms with E-state index >= 15 is 0 Å². The number of benzene rings is 5. The Labute approximate surface area is 226 Å². The van der Waals surface area contributed by atoms with Gasteiger partial charge in [0.25, 0.3) is 7.83 Å². The van der Waals surface area contributed by atoms with Crippen molar-refractivity contribution in [2.75, 3.05) is 5.73 Å². The lowest BCUT2D eigenvalue weighted by Crippen LogP contribution is -2.89. The standard InChI is InChI=1S/C33H31NO2Si2/c34-27-21-23-28(24-22-27)35-33-25-26-37(29-13-5-1-6-14-29,30-15-7-2-8-16-30)38(36-33,31-17-9-3-10-18-31)32-19-11-4-12-20-32/h1-24,33H,25-26,34H2. The van der Waals surface area contributed by atoms with Gasteiger partial charge < -0.3 is 14.9 Å². The lowest BCUT2D eigenvalue weighted by atomic mass is 10.3. The van der Waals surface area contributed by atoms with Gasteiger partial charge in [0.15, 0.2) is 13.9 Å². The minimum Gasteiger partial charge on any atom is -0.466 e. The monoisotopic (exact) mass is 529 g/mol. The zero-order chi connectivity index (χ0) is 25.8. The Morgan fingerprint density at radius 3 is 1.42 bits per heavy atom. The minimum absolute atomic E-state index is 0.362. The molecule has 1 atom stereocenters. The van der Waals surface area contributed by atoms with Gasteiger partial charge in [-0.2, -0.15) is 0 Å². The molecule has 2 N–H and O–H groups in total. The van der Waals surface area contributed by atoms with Crippen molar-refractivity contribution in [3.8, 4) is 5.75 Å². The molecule has 0 aliphatic carbocycles. The number of ether oxygens (including phenoxy) is 1. The second-order valence-electron chi connectivity index (χ2n) is 9.82. The number of hydrogen-bond donors (Lipinski definition) is 1. The highest BCUT2D eigenvalue weighted by molar-refractivity contribution is 7.57. The SMILES string of the molecule is Nc1ccc(OC2CC[Si](c3ccccc3)(c3ccccc3)[Si](c3ccccc3)(c3ccccc3)O2)cc1. The molecular weight excluding hydrogens is 499 g/mol. The molecule has 3 nitrogen and oxygen atoms in total. The zero-order valence-corrected chi connectivity index (χ0v) is 23.2. The fraction of sp³-hybridized carbons (Fsp3) is 0.0909. The molecule has 6 rings (SSSR count). The summed E-state index contributed by atoms with van der Waals surface area (Å²) in [5.41, 5.74) is 6.67. The van der Waals surface area contributed by atoms with E-state index in [1.165, 1.54) is 20.7 Å². The number of nitrogen functional groups attached to an aromatic ring is 1. The second-order valence-corrected chi connectivity index (χ2v) is 20.7. The van der Waals surface area contributed by atoms with Crippen LogP contribution in [0, 0.1) is 0 Å². The first kappa shape index (κ1) is 24.4. The molecule has 0 bridgehead atoms. The van der Waals surface area contributed by atoms with Crippen molar-refractivity contribution in [3.05, 3.63) is 146 Å². The maximum Gasteiger partial charge on any atom is 0.255 e. The highest BCUT2D eigenvalue weighted by atomic mass is 29.3. The molecule has 1 aliphatic rings. The minimum atomic E-state index is -2.93. The van der Waals surface area contributed by atoms with Crippen LogP contribution in [0.25, 0.3) is 0 Å². The Balaban J connectivity index is 1.63. The van der Waals surface area contributed by atoms with Crippen LogP contribution in [-0.4, -0.2) is 21.7 Å². The highest BCUT2D eigenvalue weighted by Gasteiger charge is 2.64. The lowest BCUT2D eigenvalue weighted by Gasteiger charge is -2.53. The van der Waals surface area contributed by atoms with Crippen LogP contribution in [0.1, 0.15) is 6.42 Å². The van der Waals surface area contributed by atoms with Gasteiger partial charge in [0.2, 0.25) is 0 Å². The lowest BCUT2D eigenvalue weighted by molar-refractivity contribution is -0.00260. The van der Waals surface area contributed by atoms with Crippen LogP contribution in [0.15, 0.2) is 146 Å². The van der Waals surface area contributed by atoms with Crippen molar-refractivity contribution in [2.45, 2.75) is 18.8 Å². The summed E-state index contributed by atoms with van der Waals surface area (Å²) in [6, 6.07) is 52.8. The average Bonchev–Trinajstić information content (AvgIpc) is 3.00. The largest absolute Gasteiger partial charge is 0.466 e. The summed E-state index contributed by atoms with van der Waals surface area (Å²) in [7, 11) is -5.48.